The molecule has 2 aliphatic rings. The minimum absolute atomic E-state index is 0.0208. The largest absolute Gasteiger partial charge is 0.488 e. The minimum atomic E-state index is -5.16. The highest BCUT2D eigenvalue weighted by atomic mass is 31.1. The van der Waals surface area contributed by atoms with Crippen molar-refractivity contribution in [2.24, 2.45) is 0 Å². The first-order chi connectivity index (χ1) is 19.3. The van der Waals surface area contributed by atoms with Crippen molar-refractivity contribution in [3.63, 3.8) is 0 Å². The summed E-state index contributed by atoms with van der Waals surface area (Å²) in [6.45, 7) is 0.937. The van der Waals surface area contributed by atoms with E-state index in [4.69, 9.17) is 9.47 Å². The van der Waals surface area contributed by atoms with E-state index in [9.17, 15) is 32.4 Å². The molecule has 0 bridgehead atoms. The van der Waals surface area contributed by atoms with Gasteiger partial charge in [0, 0.05) is 19.7 Å². The van der Waals surface area contributed by atoms with Crippen LogP contribution in [0.25, 0.3) is 11.3 Å². The first-order valence-corrected chi connectivity index (χ1v) is 14.1. The van der Waals surface area contributed by atoms with E-state index in [-0.39, 0.29) is 35.1 Å². The van der Waals surface area contributed by atoms with Gasteiger partial charge in [0.2, 0.25) is 12.0 Å². The average molecular weight is 596 g/mol. The van der Waals surface area contributed by atoms with Crippen LogP contribution in [0.15, 0.2) is 48.5 Å². The van der Waals surface area contributed by atoms with Crippen molar-refractivity contribution in [3.05, 3.63) is 65.6 Å². The molecule has 1 aromatic heterocycles. The normalized spacial score (nSPS) is 17.3. The van der Waals surface area contributed by atoms with E-state index in [0.717, 1.165) is 23.9 Å². The Bertz CT molecular complexity index is 1390. The topological polar surface area (TPSA) is 104 Å². The van der Waals surface area contributed by atoms with Crippen molar-refractivity contribution in [2.45, 2.75) is 37.6 Å². The van der Waals surface area contributed by atoms with Gasteiger partial charge in [0.1, 0.15) is 23.6 Å². The molecule has 3 N–H and O–H groups in total. The van der Waals surface area contributed by atoms with Crippen molar-refractivity contribution < 1.29 is 41.8 Å². The molecule has 1 fully saturated rings. The van der Waals surface area contributed by atoms with Crippen LogP contribution in [0.4, 0.5) is 23.2 Å². The lowest BCUT2D eigenvalue weighted by molar-refractivity contribution is -0.265. The van der Waals surface area contributed by atoms with Gasteiger partial charge >= 0.3 is 6.18 Å². The van der Waals surface area contributed by atoms with Gasteiger partial charge in [0.25, 0.3) is 0 Å². The Morgan fingerprint density at radius 1 is 1.17 bits per heavy atom. The van der Waals surface area contributed by atoms with E-state index in [1.54, 1.807) is 0 Å². The molecule has 2 atom stereocenters. The summed E-state index contributed by atoms with van der Waals surface area (Å²) in [6, 6.07) is 12.0. The van der Waals surface area contributed by atoms with Gasteiger partial charge in [-0.15, -0.1) is 0 Å². The molecule has 3 aromatic rings. The van der Waals surface area contributed by atoms with Gasteiger partial charge in [-0.3, -0.25) is 4.79 Å². The fraction of sp³-hybridized carbons (Fsp3) is 0.357. The number of aryl methyl sites for hydroxylation is 1. The number of fused-ring (bicyclic) bond motifs is 1. The van der Waals surface area contributed by atoms with Crippen molar-refractivity contribution in [1.29, 1.82) is 0 Å². The van der Waals surface area contributed by atoms with Crippen LogP contribution < -0.4 is 25.0 Å². The van der Waals surface area contributed by atoms with Crippen LogP contribution in [0.5, 0.6) is 11.5 Å². The van der Waals surface area contributed by atoms with E-state index < -0.39 is 38.0 Å². The number of anilines is 1. The third-order valence-electron chi connectivity index (χ3n) is 6.43. The quantitative estimate of drug-likeness (QED) is 0.202. The molecule has 0 radical (unpaired) electrons. The fourth-order valence-electron chi connectivity index (χ4n) is 4.03. The number of hydrogen-bond donors (Lipinski definition) is 3. The summed E-state index contributed by atoms with van der Waals surface area (Å²) < 4.78 is 65.1. The number of aliphatic hydroxyl groups is 1. The summed E-state index contributed by atoms with van der Waals surface area (Å²) in [7, 11) is 2.19. The molecule has 41 heavy (non-hydrogen) atoms. The summed E-state index contributed by atoms with van der Waals surface area (Å²) in [6.07, 6.45) is -2.39. The molecule has 220 valence electrons. The summed E-state index contributed by atoms with van der Waals surface area (Å²) in [5, 5.41) is 12.2. The highest BCUT2D eigenvalue weighted by Gasteiger charge is 2.56. The Labute approximate surface area is 235 Å². The van der Waals surface area contributed by atoms with Crippen molar-refractivity contribution in [1.82, 2.24) is 10.3 Å². The zero-order chi connectivity index (χ0) is 29.9. The molecule has 1 aliphatic carbocycles. The number of rotatable bonds is 8. The number of carbonyl (C=O) groups is 1. The average Bonchev–Trinajstić information content (AvgIpc) is 3.67. The highest BCUT2D eigenvalue weighted by molar-refractivity contribution is 7.60. The standard InChI is InChI=1S/C16H13F4N2O4P.C12H17NO/c17-10-3-1-9(2-4-10)13-14-11(27(25)8-26-14)5-12(22-13)15(24,6-21-7-23)16(18,19)20;1-9-4-7-12(14-10-5-6-10)11(8-9)13(2)3/h1-5,7,24-25H,6,8H2,(H,21,23);4,7-8,10H,5-6H2,1-3H3. The number of nitrogens with one attached hydrogen (secondary N) is 1. The molecule has 0 spiro atoms. The monoisotopic (exact) mass is 595 g/mol. The van der Waals surface area contributed by atoms with Crippen LogP contribution in [0.2, 0.25) is 0 Å². The first-order valence-electron chi connectivity index (χ1n) is 12.7. The maximum absolute atomic E-state index is 13.6. The van der Waals surface area contributed by atoms with Crippen LogP contribution >= 0.6 is 8.15 Å². The lowest BCUT2D eigenvalue weighted by Crippen LogP contribution is -2.50. The number of amides is 1. The molecule has 8 nitrogen and oxygen atoms in total. The van der Waals surface area contributed by atoms with Crippen LogP contribution in [-0.4, -0.2) is 60.7 Å². The number of alkyl halides is 3. The Balaban J connectivity index is 0.000000231. The zero-order valence-corrected chi connectivity index (χ0v) is 23.5. The van der Waals surface area contributed by atoms with Crippen molar-refractivity contribution in [2.75, 3.05) is 31.9 Å². The van der Waals surface area contributed by atoms with Gasteiger partial charge in [-0.05, 0) is 67.8 Å². The number of halogens is 4. The number of ether oxygens (including phenoxy) is 2. The molecule has 13 heteroatoms. The molecule has 1 aliphatic heterocycles. The van der Waals surface area contributed by atoms with E-state index in [2.05, 4.69) is 49.1 Å². The molecular formula is C28H30F4N3O5P. The number of hydrogen-bond acceptors (Lipinski definition) is 7. The Kier molecular flexibility index (Phi) is 9.06. The van der Waals surface area contributed by atoms with Gasteiger partial charge in [-0.1, -0.05) is 6.07 Å². The van der Waals surface area contributed by atoms with Gasteiger partial charge < -0.3 is 29.7 Å². The summed E-state index contributed by atoms with van der Waals surface area (Å²) in [5.74, 6) is 0.536. The van der Waals surface area contributed by atoms with Gasteiger partial charge in [0.15, 0.2) is 5.75 Å². The number of nitrogens with zero attached hydrogens (tertiary/aromatic N) is 2. The molecule has 5 rings (SSSR count). The minimum Gasteiger partial charge on any atom is -0.488 e. The molecular weight excluding hydrogens is 565 g/mol. The maximum Gasteiger partial charge on any atom is 0.424 e. The summed E-state index contributed by atoms with van der Waals surface area (Å²) in [5.41, 5.74) is -1.68. The SMILES string of the molecule is Cc1ccc(OC2CC2)c(N(C)C)c1.O=CNCC(O)(c1cc2c(c(-c3ccc(F)cc3)n1)OCP2O)C(F)(F)F. The maximum atomic E-state index is 13.6. The molecule has 2 unspecified atom stereocenters. The van der Waals surface area contributed by atoms with E-state index in [1.165, 1.54) is 36.2 Å². The number of pyridine rings is 1. The lowest BCUT2D eigenvalue weighted by Gasteiger charge is -2.30. The van der Waals surface area contributed by atoms with Gasteiger partial charge in [-0.2, -0.15) is 13.2 Å². The summed E-state index contributed by atoms with van der Waals surface area (Å²) >= 11 is 0. The van der Waals surface area contributed by atoms with E-state index in [0.29, 0.717) is 6.10 Å². The van der Waals surface area contributed by atoms with Crippen LogP contribution in [0.1, 0.15) is 24.1 Å². The molecule has 1 saturated carbocycles. The van der Waals surface area contributed by atoms with Crippen LogP contribution in [0.3, 0.4) is 0 Å². The summed E-state index contributed by atoms with van der Waals surface area (Å²) in [4.78, 5) is 26.5. The Morgan fingerprint density at radius 2 is 1.85 bits per heavy atom. The molecule has 0 saturated heterocycles. The smallest absolute Gasteiger partial charge is 0.424 e. The second-order valence-corrected chi connectivity index (χ2v) is 11.5. The number of aromatic nitrogens is 1. The highest BCUT2D eigenvalue weighted by Crippen LogP contribution is 2.47. The fourth-order valence-corrected chi connectivity index (χ4v) is 5.10. The third kappa shape index (κ3) is 6.89. The van der Waals surface area contributed by atoms with Crippen LogP contribution in [0, 0.1) is 12.7 Å². The lowest BCUT2D eigenvalue weighted by atomic mass is 9.97. The van der Waals surface area contributed by atoms with Crippen molar-refractivity contribution in [3.8, 4) is 22.8 Å². The molecule has 1 amide bonds. The predicted molar refractivity (Wildman–Crippen MR) is 147 cm³/mol. The second-order valence-electron chi connectivity index (χ2n) is 9.92. The first kappa shape index (κ1) is 30.5. The molecule has 2 heterocycles. The van der Waals surface area contributed by atoms with Gasteiger partial charge in [-0.25, -0.2) is 9.37 Å². The number of carbonyl (C=O) groups excluding carboxylic acids is 1. The zero-order valence-electron chi connectivity index (χ0n) is 22.6. The Morgan fingerprint density at radius 3 is 2.44 bits per heavy atom. The Hall–Kier alpha value is -3.47. The second kappa shape index (κ2) is 12.2. The molecule has 2 aromatic carbocycles. The van der Waals surface area contributed by atoms with Crippen LogP contribution in [-0.2, 0) is 10.4 Å². The van der Waals surface area contributed by atoms with E-state index >= 15 is 0 Å². The van der Waals surface area contributed by atoms with Crippen molar-refractivity contribution >= 4 is 25.6 Å². The van der Waals surface area contributed by atoms with Gasteiger partial charge in [0.05, 0.1) is 37.5 Å². The third-order valence-corrected chi connectivity index (χ3v) is 7.69. The number of benzene rings is 2. The predicted octanol–water partition coefficient (Wildman–Crippen LogP) is 4.35. The van der Waals surface area contributed by atoms with E-state index in [1.807, 2.05) is 5.32 Å².